The Hall–Kier alpha value is -0.790. The number of alkyl halides is 3. The summed E-state index contributed by atoms with van der Waals surface area (Å²) < 4.78 is 43.4. The van der Waals surface area contributed by atoms with Crippen molar-refractivity contribution in [1.82, 2.24) is 10.2 Å². The van der Waals surface area contributed by atoms with E-state index in [0.29, 0.717) is 13.1 Å². The van der Waals surface area contributed by atoms with Crippen molar-refractivity contribution in [2.24, 2.45) is 5.92 Å². The molecule has 4 nitrogen and oxygen atoms in total. The standard InChI is InChI=1S/C11H17F3N2O2/c1-7-2-10(18-9(7)5-17)16-4-8(3-15-6-16)11(12,13)14/h4,7,9-10,15,17H,2-3,5-6H2,1H3. The van der Waals surface area contributed by atoms with E-state index in [4.69, 9.17) is 9.84 Å². The van der Waals surface area contributed by atoms with Gasteiger partial charge in [-0.25, -0.2) is 0 Å². The molecule has 2 heterocycles. The van der Waals surface area contributed by atoms with E-state index in [2.05, 4.69) is 5.32 Å². The second kappa shape index (κ2) is 5.07. The van der Waals surface area contributed by atoms with Crippen molar-refractivity contribution in [1.29, 1.82) is 0 Å². The lowest BCUT2D eigenvalue weighted by Gasteiger charge is -2.32. The molecule has 2 rings (SSSR count). The summed E-state index contributed by atoms with van der Waals surface area (Å²) in [6.07, 6.45) is -3.27. The molecule has 0 bridgehead atoms. The Kier molecular flexibility index (Phi) is 3.84. The normalized spacial score (nSPS) is 33.7. The zero-order chi connectivity index (χ0) is 13.3. The maximum atomic E-state index is 12.6. The molecule has 0 aromatic heterocycles. The molecule has 3 atom stereocenters. The second-order valence-corrected chi connectivity index (χ2v) is 4.78. The Morgan fingerprint density at radius 2 is 2.28 bits per heavy atom. The van der Waals surface area contributed by atoms with Gasteiger partial charge >= 0.3 is 6.18 Å². The number of nitrogens with one attached hydrogen (secondary N) is 1. The van der Waals surface area contributed by atoms with Crippen molar-refractivity contribution in [2.75, 3.05) is 19.8 Å². The van der Waals surface area contributed by atoms with Gasteiger partial charge in [0.1, 0.15) is 6.23 Å². The Labute approximate surface area is 103 Å². The minimum Gasteiger partial charge on any atom is -0.394 e. The minimum absolute atomic E-state index is 0.102. The maximum absolute atomic E-state index is 12.6. The van der Waals surface area contributed by atoms with E-state index >= 15 is 0 Å². The highest BCUT2D eigenvalue weighted by Crippen LogP contribution is 2.31. The largest absolute Gasteiger partial charge is 0.415 e. The zero-order valence-electron chi connectivity index (χ0n) is 10.1. The topological polar surface area (TPSA) is 44.7 Å². The molecule has 2 N–H and O–H groups in total. The third-order valence-corrected chi connectivity index (χ3v) is 3.39. The first-order valence-corrected chi connectivity index (χ1v) is 5.92. The fraction of sp³-hybridized carbons (Fsp3) is 0.818. The smallest absolute Gasteiger partial charge is 0.394 e. The number of aliphatic hydroxyl groups is 1. The number of nitrogens with zero attached hydrogens (tertiary/aromatic N) is 1. The lowest BCUT2D eigenvalue weighted by atomic mass is 10.0. The minimum atomic E-state index is -4.31. The van der Waals surface area contributed by atoms with Crippen LogP contribution in [-0.4, -0.2) is 48.3 Å². The molecule has 3 unspecified atom stereocenters. The molecule has 0 spiro atoms. The van der Waals surface area contributed by atoms with Crippen molar-refractivity contribution in [3.05, 3.63) is 11.8 Å². The van der Waals surface area contributed by atoms with Gasteiger partial charge in [-0.15, -0.1) is 0 Å². The van der Waals surface area contributed by atoms with Crippen LogP contribution < -0.4 is 5.32 Å². The lowest BCUT2D eigenvalue weighted by Crippen LogP contribution is -2.45. The van der Waals surface area contributed by atoms with Crippen molar-refractivity contribution >= 4 is 0 Å². The number of halogens is 3. The van der Waals surface area contributed by atoms with Gasteiger partial charge in [-0.2, -0.15) is 13.2 Å². The predicted molar refractivity (Wildman–Crippen MR) is 58.4 cm³/mol. The summed E-state index contributed by atoms with van der Waals surface area (Å²) >= 11 is 0. The van der Waals surface area contributed by atoms with Gasteiger partial charge in [-0.1, -0.05) is 6.92 Å². The zero-order valence-corrected chi connectivity index (χ0v) is 10.1. The summed E-state index contributed by atoms with van der Waals surface area (Å²) in [6.45, 7) is 1.97. The summed E-state index contributed by atoms with van der Waals surface area (Å²) in [4.78, 5) is 1.51. The first kappa shape index (κ1) is 13.6. The van der Waals surface area contributed by atoms with E-state index < -0.39 is 18.0 Å². The lowest BCUT2D eigenvalue weighted by molar-refractivity contribution is -0.101. The summed E-state index contributed by atoms with van der Waals surface area (Å²) in [5, 5.41) is 11.8. The molecular weight excluding hydrogens is 249 g/mol. The SMILES string of the molecule is CC1CC(N2C=C(C(F)(F)F)CNC2)OC1CO. The van der Waals surface area contributed by atoms with Crippen LogP contribution in [0.25, 0.3) is 0 Å². The third-order valence-electron chi connectivity index (χ3n) is 3.39. The van der Waals surface area contributed by atoms with Gasteiger partial charge in [0, 0.05) is 12.7 Å². The number of rotatable bonds is 2. The molecule has 0 aromatic carbocycles. The van der Waals surface area contributed by atoms with Gasteiger partial charge in [0.05, 0.1) is 25.0 Å². The molecule has 2 aliphatic rings. The predicted octanol–water partition coefficient (Wildman–Crippen LogP) is 1.04. The molecule has 1 fully saturated rings. The van der Waals surface area contributed by atoms with Crippen LogP contribution in [0.2, 0.25) is 0 Å². The van der Waals surface area contributed by atoms with Crippen molar-refractivity contribution in [2.45, 2.75) is 31.9 Å². The van der Waals surface area contributed by atoms with Crippen LogP contribution in [0.15, 0.2) is 11.8 Å². The van der Waals surface area contributed by atoms with Crippen LogP contribution in [0.1, 0.15) is 13.3 Å². The molecule has 1 saturated heterocycles. The quantitative estimate of drug-likeness (QED) is 0.784. The maximum Gasteiger partial charge on any atom is 0.415 e. The first-order chi connectivity index (χ1) is 8.41. The number of aliphatic hydroxyl groups excluding tert-OH is 1. The molecular formula is C11H17F3N2O2. The van der Waals surface area contributed by atoms with E-state index in [-0.39, 0.29) is 25.2 Å². The summed E-state index contributed by atoms with van der Waals surface area (Å²) in [5.74, 6) is 0.143. The van der Waals surface area contributed by atoms with Gasteiger partial charge in [0.15, 0.2) is 0 Å². The van der Waals surface area contributed by atoms with Gasteiger partial charge < -0.3 is 14.7 Å². The van der Waals surface area contributed by atoms with Crippen LogP contribution in [0.4, 0.5) is 13.2 Å². The summed E-state index contributed by atoms with van der Waals surface area (Å²) in [7, 11) is 0. The van der Waals surface area contributed by atoms with Crippen LogP contribution in [-0.2, 0) is 4.74 Å². The van der Waals surface area contributed by atoms with Gasteiger partial charge in [0.2, 0.25) is 0 Å². The average Bonchev–Trinajstić information content (AvgIpc) is 2.70. The van der Waals surface area contributed by atoms with E-state index in [1.54, 1.807) is 0 Å². The Balaban J connectivity index is 2.06. The van der Waals surface area contributed by atoms with Crippen molar-refractivity contribution in [3.63, 3.8) is 0 Å². The fourth-order valence-corrected chi connectivity index (χ4v) is 2.27. The molecule has 2 aliphatic heterocycles. The van der Waals surface area contributed by atoms with Crippen LogP contribution in [0.3, 0.4) is 0 Å². The Morgan fingerprint density at radius 1 is 1.56 bits per heavy atom. The molecule has 0 aliphatic carbocycles. The van der Waals surface area contributed by atoms with Gasteiger partial charge in [-0.05, 0) is 12.3 Å². The van der Waals surface area contributed by atoms with Crippen LogP contribution in [0.5, 0.6) is 0 Å². The summed E-state index contributed by atoms with van der Waals surface area (Å²) in [5.41, 5.74) is -0.600. The van der Waals surface area contributed by atoms with Crippen molar-refractivity contribution in [3.8, 4) is 0 Å². The van der Waals surface area contributed by atoms with E-state index in [1.165, 1.54) is 4.90 Å². The molecule has 0 aromatic rings. The fourth-order valence-electron chi connectivity index (χ4n) is 2.27. The molecule has 0 amide bonds. The highest BCUT2D eigenvalue weighted by atomic mass is 19.4. The van der Waals surface area contributed by atoms with Crippen LogP contribution >= 0.6 is 0 Å². The average molecular weight is 266 g/mol. The monoisotopic (exact) mass is 266 g/mol. The van der Waals surface area contributed by atoms with E-state index in [9.17, 15) is 13.2 Å². The van der Waals surface area contributed by atoms with E-state index in [1.807, 2.05) is 6.92 Å². The highest BCUT2D eigenvalue weighted by molar-refractivity contribution is 5.13. The summed E-state index contributed by atoms with van der Waals surface area (Å²) in [6, 6.07) is 0. The van der Waals surface area contributed by atoms with Crippen LogP contribution in [0, 0.1) is 5.92 Å². The van der Waals surface area contributed by atoms with Gasteiger partial charge in [-0.3, -0.25) is 5.32 Å². The van der Waals surface area contributed by atoms with Crippen molar-refractivity contribution < 1.29 is 23.0 Å². The van der Waals surface area contributed by atoms with E-state index in [0.717, 1.165) is 6.20 Å². The Morgan fingerprint density at radius 3 is 2.83 bits per heavy atom. The Bertz CT molecular complexity index is 333. The molecule has 7 heteroatoms. The molecule has 0 saturated carbocycles. The molecule has 0 radical (unpaired) electrons. The second-order valence-electron chi connectivity index (χ2n) is 4.78. The number of hydrogen-bond acceptors (Lipinski definition) is 4. The third kappa shape index (κ3) is 2.78. The number of hydrogen-bond donors (Lipinski definition) is 2. The highest BCUT2D eigenvalue weighted by Gasteiger charge is 2.39. The first-order valence-electron chi connectivity index (χ1n) is 5.92. The van der Waals surface area contributed by atoms with Gasteiger partial charge in [0.25, 0.3) is 0 Å². The molecule has 18 heavy (non-hydrogen) atoms. The number of ether oxygens (including phenoxy) is 1. The molecule has 104 valence electrons.